The fourth-order valence-electron chi connectivity index (χ4n) is 1.84. The standard InChI is InChI=1S/C13H23NO3Si/c1-5-15-18(4,16-6-2)17-13(3,14)12-10-8-7-9-11-12/h7-11H,5-6,14H2,1-4H3. The van der Waals surface area contributed by atoms with E-state index in [2.05, 4.69) is 0 Å². The Bertz CT molecular complexity index is 351. The van der Waals surface area contributed by atoms with Gasteiger partial charge in [0.25, 0.3) is 0 Å². The lowest BCUT2D eigenvalue weighted by molar-refractivity contribution is -0.0154. The Balaban J connectivity index is 2.85. The first-order valence-corrected chi connectivity index (χ1v) is 8.48. The SMILES string of the molecule is CCO[Si](C)(OCC)OC(C)(N)c1ccccc1. The minimum absolute atomic E-state index is 0.549. The van der Waals surface area contributed by atoms with Crippen LogP contribution in [0.2, 0.25) is 6.55 Å². The molecule has 0 aliphatic rings. The lowest BCUT2D eigenvalue weighted by Gasteiger charge is -2.35. The van der Waals surface area contributed by atoms with E-state index in [9.17, 15) is 0 Å². The van der Waals surface area contributed by atoms with Gasteiger partial charge in [-0.2, -0.15) is 0 Å². The highest BCUT2D eigenvalue weighted by Gasteiger charge is 2.41. The second kappa shape index (κ2) is 6.45. The van der Waals surface area contributed by atoms with Crippen molar-refractivity contribution in [3.05, 3.63) is 35.9 Å². The van der Waals surface area contributed by atoms with Gasteiger partial charge in [-0.05, 0) is 26.3 Å². The summed E-state index contributed by atoms with van der Waals surface area (Å²) in [5.74, 6) is 0. The van der Waals surface area contributed by atoms with Crippen molar-refractivity contribution in [3.8, 4) is 0 Å². The van der Waals surface area contributed by atoms with Crippen LogP contribution in [-0.4, -0.2) is 22.0 Å². The first-order valence-electron chi connectivity index (χ1n) is 6.26. The van der Waals surface area contributed by atoms with Crippen molar-refractivity contribution in [2.24, 2.45) is 5.73 Å². The number of nitrogens with two attached hydrogens (primary N) is 1. The number of rotatable bonds is 7. The molecule has 1 rings (SSSR count). The molecule has 5 heteroatoms. The van der Waals surface area contributed by atoms with E-state index >= 15 is 0 Å². The van der Waals surface area contributed by atoms with Crippen molar-refractivity contribution in [2.75, 3.05) is 13.2 Å². The largest absolute Gasteiger partial charge is 0.499 e. The molecule has 0 saturated carbocycles. The van der Waals surface area contributed by atoms with Crippen LogP contribution >= 0.6 is 0 Å². The van der Waals surface area contributed by atoms with E-state index < -0.39 is 14.5 Å². The quantitative estimate of drug-likeness (QED) is 0.610. The van der Waals surface area contributed by atoms with Crippen LogP contribution in [0.3, 0.4) is 0 Å². The average Bonchev–Trinajstić information content (AvgIpc) is 2.29. The van der Waals surface area contributed by atoms with E-state index in [-0.39, 0.29) is 0 Å². The summed E-state index contributed by atoms with van der Waals surface area (Å²) in [5, 5.41) is 0. The molecule has 0 saturated heterocycles. The van der Waals surface area contributed by atoms with Crippen LogP contribution in [0.25, 0.3) is 0 Å². The van der Waals surface area contributed by atoms with Gasteiger partial charge in [-0.25, -0.2) is 0 Å². The zero-order valence-corrected chi connectivity index (χ0v) is 12.6. The topological polar surface area (TPSA) is 53.7 Å². The second-order valence-electron chi connectivity index (χ2n) is 4.30. The Morgan fingerprint density at radius 3 is 2.06 bits per heavy atom. The Morgan fingerprint density at radius 2 is 1.61 bits per heavy atom. The van der Waals surface area contributed by atoms with E-state index in [1.54, 1.807) is 0 Å². The molecule has 1 atom stereocenters. The number of hydrogen-bond acceptors (Lipinski definition) is 4. The summed E-state index contributed by atoms with van der Waals surface area (Å²) in [7, 11) is -2.69. The molecule has 0 aliphatic heterocycles. The van der Waals surface area contributed by atoms with Crippen LogP contribution in [0.1, 0.15) is 26.3 Å². The molecule has 0 spiro atoms. The monoisotopic (exact) mass is 269 g/mol. The van der Waals surface area contributed by atoms with Crippen molar-refractivity contribution < 1.29 is 13.3 Å². The zero-order chi connectivity index (χ0) is 13.6. The van der Waals surface area contributed by atoms with Gasteiger partial charge in [0.15, 0.2) is 0 Å². The van der Waals surface area contributed by atoms with Gasteiger partial charge < -0.3 is 19.0 Å². The predicted molar refractivity (Wildman–Crippen MR) is 73.9 cm³/mol. The molecular weight excluding hydrogens is 246 g/mol. The second-order valence-corrected chi connectivity index (χ2v) is 6.81. The molecule has 1 unspecified atom stereocenters. The van der Waals surface area contributed by atoms with Crippen molar-refractivity contribution in [3.63, 3.8) is 0 Å². The number of hydrogen-bond donors (Lipinski definition) is 1. The molecular formula is C13H23NO3Si. The van der Waals surface area contributed by atoms with Gasteiger partial charge in [-0.3, -0.25) is 0 Å². The van der Waals surface area contributed by atoms with Gasteiger partial charge in [0, 0.05) is 19.8 Å². The van der Waals surface area contributed by atoms with Crippen molar-refractivity contribution in [2.45, 2.75) is 33.0 Å². The van der Waals surface area contributed by atoms with Crippen LogP contribution in [-0.2, 0) is 19.0 Å². The first-order chi connectivity index (χ1) is 8.43. The maximum atomic E-state index is 6.24. The zero-order valence-electron chi connectivity index (χ0n) is 11.6. The third-order valence-corrected chi connectivity index (χ3v) is 4.98. The summed E-state index contributed by atoms with van der Waals surface area (Å²) < 4.78 is 17.2. The molecule has 0 fully saturated rings. The Morgan fingerprint density at radius 1 is 1.11 bits per heavy atom. The highest BCUT2D eigenvalue weighted by atomic mass is 28.4. The van der Waals surface area contributed by atoms with Crippen molar-refractivity contribution >= 4 is 8.80 Å². The fourth-order valence-corrected chi connectivity index (χ4v) is 3.98. The summed E-state index contributed by atoms with van der Waals surface area (Å²) in [6.07, 6.45) is 0. The van der Waals surface area contributed by atoms with Crippen LogP contribution in [0.4, 0.5) is 0 Å². The molecule has 2 N–H and O–H groups in total. The summed E-state index contributed by atoms with van der Waals surface area (Å²) in [6.45, 7) is 8.63. The van der Waals surface area contributed by atoms with Gasteiger partial charge >= 0.3 is 8.80 Å². The molecule has 4 nitrogen and oxygen atoms in total. The Hall–Kier alpha value is -0.723. The van der Waals surface area contributed by atoms with Gasteiger partial charge in [0.1, 0.15) is 5.72 Å². The maximum Gasteiger partial charge on any atom is 0.499 e. The van der Waals surface area contributed by atoms with Gasteiger partial charge in [-0.15, -0.1) is 0 Å². The molecule has 0 aromatic heterocycles. The fraction of sp³-hybridized carbons (Fsp3) is 0.538. The lowest BCUT2D eigenvalue weighted by Crippen LogP contribution is -2.52. The minimum atomic E-state index is -2.69. The van der Waals surface area contributed by atoms with E-state index in [0.29, 0.717) is 13.2 Å². The van der Waals surface area contributed by atoms with Crippen LogP contribution < -0.4 is 5.73 Å². The van der Waals surface area contributed by atoms with E-state index in [4.69, 9.17) is 19.0 Å². The van der Waals surface area contributed by atoms with E-state index in [1.807, 2.05) is 57.7 Å². The molecule has 102 valence electrons. The van der Waals surface area contributed by atoms with Gasteiger partial charge in [0.05, 0.1) is 0 Å². The van der Waals surface area contributed by atoms with Gasteiger partial charge in [-0.1, -0.05) is 30.3 Å². The van der Waals surface area contributed by atoms with Gasteiger partial charge in [0.2, 0.25) is 0 Å². The predicted octanol–water partition coefficient (Wildman–Crippen LogP) is 2.48. The third-order valence-electron chi connectivity index (χ3n) is 2.56. The summed E-state index contributed by atoms with van der Waals surface area (Å²) in [4.78, 5) is 0. The van der Waals surface area contributed by atoms with E-state index in [1.165, 1.54) is 0 Å². The molecule has 1 aromatic carbocycles. The molecule has 0 radical (unpaired) electrons. The highest BCUT2D eigenvalue weighted by Crippen LogP contribution is 2.25. The van der Waals surface area contributed by atoms with E-state index in [0.717, 1.165) is 5.56 Å². The summed E-state index contributed by atoms with van der Waals surface area (Å²) in [6, 6.07) is 9.69. The summed E-state index contributed by atoms with van der Waals surface area (Å²) >= 11 is 0. The van der Waals surface area contributed by atoms with Crippen LogP contribution in [0.5, 0.6) is 0 Å². The first kappa shape index (κ1) is 15.3. The molecule has 0 aliphatic carbocycles. The normalized spacial score (nSPS) is 15.4. The molecule has 0 bridgehead atoms. The van der Waals surface area contributed by atoms with Crippen LogP contribution in [0.15, 0.2) is 30.3 Å². The lowest BCUT2D eigenvalue weighted by atomic mass is 10.1. The van der Waals surface area contributed by atoms with Crippen molar-refractivity contribution in [1.82, 2.24) is 0 Å². The maximum absolute atomic E-state index is 6.24. The molecule has 18 heavy (non-hydrogen) atoms. The molecule has 1 aromatic rings. The number of benzene rings is 1. The third kappa shape index (κ3) is 4.19. The smallest absolute Gasteiger partial charge is 0.374 e. The highest BCUT2D eigenvalue weighted by molar-refractivity contribution is 6.59. The molecule has 0 heterocycles. The Kier molecular flexibility index (Phi) is 5.49. The summed E-state index contributed by atoms with van der Waals surface area (Å²) in [5.41, 5.74) is 6.23. The average molecular weight is 269 g/mol. The molecule has 0 amide bonds. The van der Waals surface area contributed by atoms with Crippen LogP contribution in [0, 0.1) is 0 Å². The Labute approximate surface area is 110 Å². The van der Waals surface area contributed by atoms with Crippen molar-refractivity contribution in [1.29, 1.82) is 0 Å². The minimum Gasteiger partial charge on any atom is -0.374 e.